The topological polar surface area (TPSA) is 98.9 Å². The molecule has 0 amide bonds. The van der Waals surface area contributed by atoms with E-state index in [1.165, 1.54) is 0 Å². The van der Waals surface area contributed by atoms with E-state index in [1.54, 1.807) is 42.5 Å². The van der Waals surface area contributed by atoms with Gasteiger partial charge in [0.1, 0.15) is 11.5 Å². The van der Waals surface area contributed by atoms with Crippen molar-refractivity contribution < 1.29 is 24.2 Å². The van der Waals surface area contributed by atoms with Crippen LogP contribution < -0.4 is 15.2 Å². The Morgan fingerprint density at radius 2 is 1.37 bits per heavy atom. The van der Waals surface area contributed by atoms with Crippen LogP contribution in [0.4, 0.5) is 0 Å². The lowest BCUT2D eigenvalue weighted by molar-refractivity contribution is -0.136. The molecule has 0 saturated heterocycles. The second-order valence-electron chi connectivity index (χ2n) is 8.91. The highest BCUT2D eigenvalue weighted by molar-refractivity contribution is 6.00. The predicted molar refractivity (Wildman–Crippen MR) is 148 cm³/mol. The van der Waals surface area contributed by atoms with E-state index < -0.39 is 12.0 Å². The molecule has 0 bridgehead atoms. The van der Waals surface area contributed by atoms with E-state index in [9.17, 15) is 9.59 Å². The Hall–Kier alpha value is -4.42. The first kappa shape index (κ1) is 26.6. The van der Waals surface area contributed by atoms with Crippen LogP contribution in [-0.2, 0) is 11.2 Å². The first-order valence-electron chi connectivity index (χ1n) is 12.6. The Morgan fingerprint density at radius 1 is 0.737 bits per heavy atom. The first-order chi connectivity index (χ1) is 18.5. The van der Waals surface area contributed by atoms with Crippen molar-refractivity contribution in [1.29, 1.82) is 0 Å². The van der Waals surface area contributed by atoms with E-state index in [4.69, 9.17) is 20.3 Å². The van der Waals surface area contributed by atoms with Crippen LogP contribution in [0, 0.1) is 0 Å². The van der Waals surface area contributed by atoms with Crippen molar-refractivity contribution in [3.8, 4) is 22.6 Å². The van der Waals surface area contributed by atoms with Crippen molar-refractivity contribution >= 4 is 11.8 Å². The number of nitrogens with two attached hydrogens (primary N) is 1. The molecule has 0 saturated carbocycles. The summed E-state index contributed by atoms with van der Waals surface area (Å²) in [5, 5.41) is 9.13. The average Bonchev–Trinajstić information content (AvgIpc) is 2.96. The van der Waals surface area contributed by atoms with Gasteiger partial charge >= 0.3 is 5.97 Å². The molecule has 0 aromatic heterocycles. The zero-order valence-electron chi connectivity index (χ0n) is 21.1. The fourth-order valence-electron chi connectivity index (χ4n) is 4.18. The molecule has 38 heavy (non-hydrogen) atoms. The smallest absolute Gasteiger partial charge is 0.303 e. The number of carboxylic acid groups (broad SMARTS) is 1. The molecule has 0 aliphatic carbocycles. The molecule has 3 N–H and O–H groups in total. The molecule has 0 fully saturated rings. The van der Waals surface area contributed by atoms with E-state index in [0.717, 1.165) is 22.4 Å². The lowest BCUT2D eigenvalue weighted by Crippen LogP contribution is -2.23. The second-order valence-corrected chi connectivity index (χ2v) is 8.91. The van der Waals surface area contributed by atoms with Crippen LogP contribution in [0.3, 0.4) is 0 Å². The fraction of sp³-hybridized carbons (Fsp3) is 0.188. The number of aliphatic carboxylic acids is 1. The predicted octanol–water partition coefficient (Wildman–Crippen LogP) is 6.10. The van der Waals surface area contributed by atoms with Crippen molar-refractivity contribution in [2.45, 2.75) is 25.3 Å². The highest BCUT2D eigenvalue weighted by Gasteiger charge is 2.21. The van der Waals surface area contributed by atoms with Crippen LogP contribution in [0.15, 0.2) is 103 Å². The lowest BCUT2D eigenvalue weighted by atomic mass is 9.92. The summed E-state index contributed by atoms with van der Waals surface area (Å²) in [6, 6.07) is 31.3. The van der Waals surface area contributed by atoms with Gasteiger partial charge in [0.25, 0.3) is 0 Å². The molecular weight excluding hydrogens is 478 g/mol. The zero-order valence-corrected chi connectivity index (χ0v) is 21.1. The molecule has 4 aromatic carbocycles. The molecule has 194 valence electrons. The van der Waals surface area contributed by atoms with Gasteiger partial charge in [-0.25, -0.2) is 0 Å². The monoisotopic (exact) mass is 509 g/mol. The van der Waals surface area contributed by atoms with E-state index in [2.05, 4.69) is 18.2 Å². The molecule has 1 unspecified atom stereocenters. The van der Waals surface area contributed by atoms with Gasteiger partial charge in [-0.2, -0.15) is 0 Å². The maximum Gasteiger partial charge on any atom is 0.303 e. The maximum atomic E-state index is 13.0. The van der Waals surface area contributed by atoms with Crippen molar-refractivity contribution in [3.05, 3.63) is 120 Å². The summed E-state index contributed by atoms with van der Waals surface area (Å²) >= 11 is 0. The van der Waals surface area contributed by atoms with Gasteiger partial charge in [-0.1, -0.05) is 78.9 Å². The van der Waals surface area contributed by atoms with Crippen molar-refractivity contribution in [3.63, 3.8) is 0 Å². The van der Waals surface area contributed by atoms with Gasteiger partial charge in [-0.15, -0.1) is 0 Å². The van der Waals surface area contributed by atoms with Gasteiger partial charge in [0.15, 0.2) is 5.78 Å². The summed E-state index contributed by atoms with van der Waals surface area (Å²) in [6.07, 6.45) is 0.875. The fourth-order valence-corrected chi connectivity index (χ4v) is 4.18. The molecule has 0 heterocycles. The van der Waals surface area contributed by atoms with Crippen LogP contribution in [0.2, 0.25) is 0 Å². The molecule has 4 rings (SSSR count). The Bertz CT molecular complexity index is 1350. The van der Waals surface area contributed by atoms with Gasteiger partial charge in [0.2, 0.25) is 0 Å². The maximum absolute atomic E-state index is 13.0. The van der Waals surface area contributed by atoms with Gasteiger partial charge in [0, 0.05) is 18.4 Å². The first-order valence-corrected chi connectivity index (χ1v) is 12.6. The minimum Gasteiger partial charge on any atom is -0.493 e. The minimum atomic E-state index is -0.926. The van der Waals surface area contributed by atoms with Gasteiger partial charge in [-0.05, 0) is 52.9 Å². The Balaban J connectivity index is 1.36. The Kier molecular flexibility index (Phi) is 9.27. The molecule has 0 aliphatic heterocycles. The number of ether oxygens (including phenoxy) is 2. The van der Waals surface area contributed by atoms with Crippen molar-refractivity contribution in [2.24, 2.45) is 5.73 Å². The number of benzene rings is 4. The largest absolute Gasteiger partial charge is 0.493 e. The number of carbonyl (C=O) groups excluding carboxylic acids is 1. The van der Waals surface area contributed by atoms with Crippen molar-refractivity contribution in [1.82, 2.24) is 0 Å². The van der Waals surface area contributed by atoms with Gasteiger partial charge in [0.05, 0.1) is 19.3 Å². The van der Waals surface area contributed by atoms with Gasteiger partial charge in [-0.3, -0.25) is 9.59 Å². The van der Waals surface area contributed by atoms with E-state index in [0.29, 0.717) is 36.5 Å². The summed E-state index contributed by atoms with van der Waals surface area (Å²) in [4.78, 5) is 24.1. The quantitative estimate of drug-likeness (QED) is 0.167. The van der Waals surface area contributed by atoms with Crippen LogP contribution in [0.1, 0.15) is 40.4 Å². The number of carboxylic acids is 1. The Labute approximate surface area is 222 Å². The number of hydrogen-bond acceptors (Lipinski definition) is 5. The van der Waals surface area contributed by atoms with Crippen LogP contribution in [-0.4, -0.2) is 30.1 Å². The highest BCUT2D eigenvalue weighted by Crippen LogP contribution is 2.27. The van der Waals surface area contributed by atoms with E-state index in [1.807, 2.05) is 42.5 Å². The summed E-state index contributed by atoms with van der Waals surface area (Å²) < 4.78 is 11.9. The third kappa shape index (κ3) is 7.31. The molecule has 1 atom stereocenters. The van der Waals surface area contributed by atoms with Crippen LogP contribution in [0.5, 0.6) is 11.5 Å². The molecule has 6 nitrogen and oxygen atoms in total. The second kappa shape index (κ2) is 13.2. The lowest BCUT2D eigenvalue weighted by Gasteiger charge is -2.17. The SMILES string of the molecule is NC(C(=O)c1ccccc1)c1cc(OCCCOc2cccc(-c3ccccc3)c2)ccc1CCC(=O)O. The Morgan fingerprint density at radius 3 is 2.05 bits per heavy atom. The molecule has 0 aliphatic rings. The zero-order chi connectivity index (χ0) is 26.7. The number of ketones is 1. The number of hydrogen-bond donors (Lipinski definition) is 2. The van der Waals surface area contributed by atoms with E-state index in [-0.39, 0.29) is 18.6 Å². The third-order valence-corrected chi connectivity index (χ3v) is 6.17. The molecule has 0 radical (unpaired) electrons. The third-order valence-electron chi connectivity index (χ3n) is 6.17. The number of Topliss-reactive ketones (excluding diaryl/α,β-unsaturated/α-hetero) is 1. The van der Waals surface area contributed by atoms with E-state index >= 15 is 0 Å². The minimum absolute atomic E-state index is 0.0533. The summed E-state index contributed by atoms with van der Waals surface area (Å²) in [5.41, 5.74) is 10.4. The molecule has 6 heteroatoms. The molecule has 4 aromatic rings. The van der Waals surface area contributed by atoms with Crippen molar-refractivity contribution in [2.75, 3.05) is 13.2 Å². The highest BCUT2D eigenvalue weighted by atomic mass is 16.5. The van der Waals surface area contributed by atoms with Crippen LogP contribution in [0.25, 0.3) is 11.1 Å². The van der Waals surface area contributed by atoms with Crippen LogP contribution >= 0.6 is 0 Å². The molecule has 0 spiro atoms. The standard InChI is InChI=1S/C32H31NO5/c33-31(32(36)25-11-5-2-6-12-25)29-22-28(17-15-24(29)16-18-30(34)35)38-20-8-19-37-27-14-7-13-26(21-27)23-9-3-1-4-10-23/h1-7,9-15,17,21-22,31H,8,16,18-20,33H2,(H,34,35). The van der Waals surface area contributed by atoms with Gasteiger partial charge < -0.3 is 20.3 Å². The number of aryl methyl sites for hydroxylation is 1. The average molecular weight is 510 g/mol. The molecular formula is C32H31NO5. The normalized spacial score (nSPS) is 11.5. The summed E-state index contributed by atoms with van der Waals surface area (Å²) in [5.74, 6) is 0.224. The number of carbonyl (C=O) groups is 2. The summed E-state index contributed by atoms with van der Waals surface area (Å²) in [7, 11) is 0. The number of rotatable bonds is 13. The summed E-state index contributed by atoms with van der Waals surface area (Å²) in [6.45, 7) is 0.891.